The minimum atomic E-state index is -0.0407. The highest BCUT2D eigenvalue weighted by Gasteiger charge is 2.29. The summed E-state index contributed by atoms with van der Waals surface area (Å²) < 4.78 is 7.01. The van der Waals surface area contributed by atoms with E-state index in [0.29, 0.717) is 0 Å². The van der Waals surface area contributed by atoms with Crippen LogP contribution in [0.2, 0.25) is 0 Å². The fraction of sp³-hybridized carbons (Fsp3) is 0.647. The van der Waals surface area contributed by atoms with Crippen molar-refractivity contribution >= 4 is 15.9 Å². The number of fused-ring (bicyclic) bond motifs is 1. The van der Waals surface area contributed by atoms with Crippen molar-refractivity contribution in [1.82, 2.24) is 0 Å². The standard InChI is InChI=1S/C17H24BrNO/c18-15-10-13-6-9-20-16(13)14(11-15)12-17(19)7-4-2-1-3-5-8-17/h10-11H,1-9,12,19H2. The minimum absolute atomic E-state index is 0.0407. The van der Waals surface area contributed by atoms with Gasteiger partial charge in [-0.1, -0.05) is 48.0 Å². The summed E-state index contributed by atoms with van der Waals surface area (Å²) in [6, 6.07) is 4.39. The Hall–Kier alpha value is -0.540. The molecule has 1 aromatic carbocycles. The Balaban J connectivity index is 1.82. The maximum atomic E-state index is 6.73. The summed E-state index contributed by atoms with van der Waals surface area (Å²) in [6.07, 6.45) is 10.9. The second kappa shape index (κ2) is 6.07. The van der Waals surface area contributed by atoms with Crippen molar-refractivity contribution in [2.24, 2.45) is 5.73 Å². The van der Waals surface area contributed by atoms with E-state index in [-0.39, 0.29) is 5.54 Å². The predicted molar refractivity (Wildman–Crippen MR) is 86.3 cm³/mol. The molecule has 1 aliphatic carbocycles. The molecule has 0 spiro atoms. The molecule has 1 heterocycles. The molecule has 0 unspecified atom stereocenters. The first-order chi connectivity index (χ1) is 9.66. The van der Waals surface area contributed by atoms with Gasteiger partial charge in [0, 0.05) is 16.4 Å². The number of nitrogens with two attached hydrogens (primary N) is 1. The van der Waals surface area contributed by atoms with E-state index in [4.69, 9.17) is 10.5 Å². The molecule has 1 fully saturated rings. The van der Waals surface area contributed by atoms with Crippen molar-refractivity contribution < 1.29 is 4.74 Å². The van der Waals surface area contributed by atoms with Gasteiger partial charge in [-0.2, -0.15) is 0 Å². The van der Waals surface area contributed by atoms with Crippen LogP contribution in [0.15, 0.2) is 16.6 Å². The number of halogens is 1. The fourth-order valence-electron chi connectivity index (χ4n) is 3.64. The van der Waals surface area contributed by atoms with Crippen LogP contribution in [0.5, 0.6) is 5.75 Å². The van der Waals surface area contributed by atoms with Crippen LogP contribution in [0.3, 0.4) is 0 Å². The maximum absolute atomic E-state index is 6.73. The molecule has 0 amide bonds. The smallest absolute Gasteiger partial charge is 0.125 e. The van der Waals surface area contributed by atoms with Gasteiger partial charge in [0.05, 0.1) is 6.61 Å². The van der Waals surface area contributed by atoms with Crippen LogP contribution in [0.25, 0.3) is 0 Å². The zero-order valence-electron chi connectivity index (χ0n) is 12.1. The van der Waals surface area contributed by atoms with Gasteiger partial charge in [-0.05, 0) is 42.5 Å². The number of hydrogen-bond acceptors (Lipinski definition) is 2. The number of benzene rings is 1. The lowest BCUT2D eigenvalue weighted by Crippen LogP contribution is -2.42. The Morgan fingerprint density at radius 1 is 1.10 bits per heavy atom. The summed E-state index contributed by atoms with van der Waals surface area (Å²) in [7, 11) is 0. The first-order valence-corrected chi connectivity index (χ1v) is 8.69. The lowest BCUT2D eigenvalue weighted by atomic mass is 9.80. The Bertz CT molecular complexity index is 478. The number of hydrogen-bond donors (Lipinski definition) is 1. The van der Waals surface area contributed by atoms with Crippen molar-refractivity contribution in [3.05, 3.63) is 27.7 Å². The number of rotatable bonds is 2. The number of ether oxygens (including phenoxy) is 1. The molecule has 1 aliphatic heterocycles. The molecule has 0 atom stereocenters. The first kappa shape index (κ1) is 14.4. The van der Waals surface area contributed by atoms with Gasteiger partial charge in [0.2, 0.25) is 0 Å². The maximum Gasteiger partial charge on any atom is 0.125 e. The van der Waals surface area contributed by atoms with E-state index in [0.717, 1.165) is 42.5 Å². The van der Waals surface area contributed by atoms with E-state index in [1.807, 2.05) is 0 Å². The summed E-state index contributed by atoms with van der Waals surface area (Å²) in [6.45, 7) is 0.816. The van der Waals surface area contributed by atoms with Crippen LogP contribution in [-0.4, -0.2) is 12.1 Å². The van der Waals surface area contributed by atoms with E-state index in [1.165, 1.54) is 43.2 Å². The van der Waals surface area contributed by atoms with Gasteiger partial charge >= 0.3 is 0 Å². The molecular formula is C17H24BrNO. The zero-order chi connectivity index (χ0) is 14.0. The van der Waals surface area contributed by atoms with Crippen LogP contribution in [0.1, 0.15) is 56.1 Å². The van der Waals surface area contributed by atoms with Gasteiger partial charge in [-0.25, -0.2) is 0 Å². The highest BCUT2D eigenvalue weighted by Crippen LogP contribution is 2.37. The third kappa shape index (κ3) is 3.20. The second-order valence-electron chi connectivity index (χ2n) is 6.46. The van der Waals surface area contributed by atoms with Crippen LogP contribution >= 0.6 is 15.9 Å². The van der Waals surface area contributed by atoms with Crippen LogP contribution in [0.4, 0.5) is 0 Å². The van der Waals surface area contributed by atoms with Crippen molar-refractivity contribution in [3.8, 4) is 5.75 Å². The summed E-state index contributed by atoms with van der Waals surface area (Å²) in [4.78, 5) is 0. The highest BCUT2D eigenvalue weighted by atomic mass is 79.9. The fourth-order valence-corrected chi connectivity index (χ4v) is 4.20. The predicted octanol–water partition coefficient (Wildman–Crippen LogP) is 4.37. The lowest BCUT2D eigenvalue weighted by molar-refractivity contribution is 0.306. The molecule has 1 aromatic rings. The Morgan fingerprint density at radius 2 is 1.80 bits per heavy atom. The molecular weight excluding hydrogens is 314 g/mol. The van der Waals surface area contributed by atoms with Crippen molar-refractivity contribution in [1.29, 1.82) is 0 Å². The molecule has 3 rings (SSSR count). The Kier molecular flexibility index (Phi) is 4.37. The zero-order valence-corrected chi connectivity index (χ0v) is 13.7. The van der Waals surface area contributed by atoms with Gasteiger partial charge in [-0.3, -0.25) is 0 Å². The van der Waals surface area contributed by atoms with E-state index in [1.54, 1.807) is 0 Å². The van der Waals surface area contributed by atoms with Crippen LogP contribution in [0, 0.1) is 0 Å². The van der Waals surface area contributed by atoms with E-state index in [9.17, 15) is 0 Å². The highest BCUT2D eigenvalue weighted by molar-refractivity contribution is 9.10. The van der Waals surface area contributed by atoms with Crippen LogP contribution in [-0.2, 0) is 12.8 Å². The molecule has 0 saturated heterocycles. The molecule has 3 heteroatoms. The van der Waals surface area contributed by atoms with Gasteiger partial charge in [0.25, 0.3) is 0 Å². The lowest BCUT2D eigenvalue weighted by Gasteiger charge is -2.32. The van der Waals surface area contributed by atoms with E-state index < -0.39 is 0 Å². The third-order valence-corrected chi connectivity index (χ3v) is 5.18. The summed E-state index contributed by atoms with van der Waals surface area (Å²) in [5, 5.41) is 0. The van der Waals surface area contributed by atoms with Gasteiger partial charge in [-0.15, -0.1) is 0 Å². The van der Waals surface area contributed by atoms with E-state index in [2.05, 4.69) is 28.1 Å². The van der Waals surface area contributed by atoms with E-state index >= 15 is 0 Å². The molecule has 110 valence electrons. The molecule has 2 N–H and O–H groups in total. The molecule has 2 nitrogen and oxygen atoms in total. The summed E-state index contributed by atoms with van der Waals surface area (Å²) in [5.41, 5.74) is 9.33. The van der Waals surface area contributed by atoms with Gasteiger partial charge in [0.15, 0.2) is 0 Å². The Labute approximate surface area is 130 Å². The molecule has 0 aromatic heterocycles. The van der Waals surface area contributed by atoms with Crippen molar-refractivity contribution in [2.45, 2.75) is 63.3 Å². The molecule has 2 aliphatic rings. The monoisotopic (exact) mass is 337 g/mol. The Morgan fingerprint density at radius 3 is 2.55 bits per heavy atom. The molecule has 0 bridgehead atoms. The van der Waals surface area contributed by atoms with Crippen molar-refractivity contribution in [3.63, 3.8) is 0 Å². The molecule has 20 heavy (non-hydrogen) atoms. The molecule has 0 radical (unpaired) electrons. The average molecular weight is 338 g/mol. The van der Waals surface area contributed by atoms with Crippen molar-refractivity contribution in [2.75, 3.05) is 6.61 Å². The topological polar surface area (TPSA) is 35.2 Å². The average Bonchev–Trinajstić information content (AvgIpc) is 2.83. The summed E-state index contributed by atoms with van der Waals surface area (Å²) >= 11 is 3.63. The minimum Gasteiger partial charge on any atom is -0.493 e. The SMILES string of the molecule is NC1(Cc2cc(Br)cc3c2OCC3)CCCCCCC1. The third-order valence-electron chi connectivity index (χ3n) is 4.72. The van der Waals surface area contributed by atoms with Crippen LogP contribution < -0.4 is 10.5 Å². The molecule has 1 saturated carbocycles. The first-order valence-electron chi connectivity index (χ1n) is 7.89. The normalized spacial score (nSPS) is 21.7. The second-order valence-corrected chi connectivity index (χ2v) is 7.37. The van der Waals surface area contributed by atoms with Gasteiger partial charge in [0.1, 0.15) is 5.75 Å². The quantitative estimate of drug-likeness (QED) is 0.869. The van der Waals surface area contributed by atoms with Gasteiger partial charge < -0.3 is 10.5 Å². The summed E-state index contributed by atoms with van der Waals surface area (Å²) in [5.74, 6) is 1.11. The largest absolute Gasteiger partial charge is 0.493 e.